The predicted molar refractivity (Wildman–Crippen MR) is 175 cm³/mol. The van der Waals surface area contributed by atoms with Crippen LogP contribution in [0.1, 0.15) is 39.5 Å². The van der Waals surface area contributed by atoms with Crippen molar-refractivity contribution in [2.75, 3.05) is 11.5 Å². The molecule has 0 aliphatic heterocycles. The molecule has 0 aliphatic carbocycles. The smallest absolute Gasteiger partial charge is 0.326 e. The van der Waals surface area contributed by atoms with Crippen LogP contribution in [0, 0.1) is 0 Å². The highest BCUT2D eigenvalue weighted by Gasteiger charge is 2.35. The Labute approximate surface area is 295 Å². The van der Waals surface area contributed by atoms with E-state index in [1.165, 1.54) is 6.92 Å². The molecule has 0 saturated carbocycles. The SMILES string of the molecule is C[C@H](N)C(=O)N[C@@H](CC(N)=O)C(=O)N[C@@H](CCC(=O)O)C(=O)N[C@H](C(=O)N[C@@H](CS)C(=O)N[C@@H](CS)C(=O)N[C@@H](CC(=O)O)C(=O)O)[C@@H](C)O. The van der Waals surface area contributed by atoms with Crippen LogP contribution in [0.2, 0.25) is 0 Å². The number of aliphatic hydroxyl groups excluding tert-OH is 1. The van der Waals surface area contributed by atoms with Crippen molar-refractivity contribution in [2.24, 2.45) is 11.5 Å². The molecule has 0 heterocycles. The maximum absolute atomic E-state index is 13.2. The monoisotopic (exact) mass is 754 g/mol. The van der Waals surface area contributed by atoms with E-state index >= 15 is 0 Å². The van der Waals surface area contributed by atoms with Crippen molar-refractivity contribution in [3.8, 4) is 0 Å². The quantitative estimate of drug-likeness (QED) is 0.0432. The highest BCUT2D eigenvalue weighted by molar-refractivity contribution is 7.80. The summed E-state index contributed by atoms with van der Waals surface area (Å²) >= 11 is 7.90. The van der Waals surface area contributed by atoms with E-state index in [4.69, 9.17) is 26.8 Å². The molecule has 22 nitrogen and oxygen atoms in total. The summed E-state index contributed by atoms with van der Waals surface area (Å²) in [6.07, 6.45) is -4.65. The minimum atomic E-state index is -1.85. The van der Waals surface area contributed by atoms with Gasteiger partial charge in [-0.15, -0.1) is 0 Å². The van der Waals surface area contributed by atoms with E-state index in [9.17, 15) is 53.1 Å². The predicted octanol–water partition coefficient (Wildman–Crippen LogP) is -6.22. The molecule has 0 unspecified atom stereocenters. The maximum Gasteiger partial charge on any atom is 0.326 e. The molecule has 0 aromatic heterocycles. The number of carbonyl (C=O) groups excluding carboxylic acids is 7. The van der Waals surface area contributed by atoms with Gasteiger partial charge in [0.1, 0.15) is 36.3 Å². The molecule has 0 aliphatic rings. The zero-order chi connectivity index (χ0) is 38.9. The van der Waals surface area contributed by atoms with Crippen LogP contribution in [0.25, 0.3) is 0 Å². The molecule has 282 valence electrons. The summed E-state index contributed by atoms with van der Waals surface area (Å²) in [5, 5.41) is 50.2. The first kappa shape index (κ1) is 45.3. The van der Waals surface area contributed by atoms with Gasteiger partial charge in [0.25, 0.3) is 0 Å². The van der Waals surface area contributed by atoms with E-state index in [-0.39, 0.29) is 0 Å². The van der Waals surface area contributed by atoms with Gasteiger partial charge in [0.2, 0.25) is 41.4 Å². The molecule has 7 amide bonds. The fourth-order valence-corrected chi connectivity index (χ4v) is 4.26. The van der Waals surface area contributed by atoms with Crippen molar-refractivity contribution in [3.05, 3.63) is 0 Å². The molecule has 0 rings (SSSR count). The van der Waals surface area contributed by atoms with Crippen molar-refractivity contribution in [2.45, 2.75) is 87.9 Å². The molecule has 0 aromatic rings. The lowest BCUT2D eigenvalue weighted by atomic mass is 10.1. The van der Waals surface area contributed by atoms with Crippen LogP contribution in [0.5, 0.6) is 0 Å². The van der Waals surface area contributed by atoms with Crippen molar-refractivity contribution in [1.29, 1.82) is 0 Å². The zero-order valence-electron chi connectivity index (χ0n) is 26.8. The second kappa shape index (κ2) is 22.1. The van der Waals surface area contributed by atoms with Gasteiger partial charge in [0, 0.05) is 17.9 Å². The standard InChI is InChI=1S/C26H42N8O14S2/c1-9(27)20(41)30-12(5-16(28)36)22(43)29-11(3-4-17(37)38)21(42)34-19(10(2)35)25(46)33-15(8-50)24(45)32-14(7-49)23(44)31-13(26(47)48)6-18(39)40/h9-15,19,35,49-50H,3-8,27H2,1-2H3,(H2,28,36)(H,29,43)(H,30,41)(H,31,44)(H,32,45)(H,33,46)(H,34,42)(H,37,38)(H,39,40)(H,47,48)/t9-,10+,11-,12-,13-,14-,15-,19-/m0/s1. The Balaban J connectivity index is 5.93. The van der Waals surface area contributed by atoms with Crippen LogP contribution < -0.4 is 43.4 Å². The number of thiol groups is 2. The third-order valence-corrected chi connectivity index (χ3v) is 7.15. The molecule has 0 aromatic carbocycles. The lowest BCUT2D eigenvalue weighted by molar-refractivity contribution is -0.147. The molecule has 24 heteroatoms. The number of nitrogens with one attached hydrogen (secondary N) is 6. The van der Waals surface area contributed by atoms with Gasteiger partial charge in [-0.2, -0.15) is 25.3 Å². The Morgan fingerprint density at radius 2 is 1.00 bits per heavy atom. The number of hydrogen-bond donors (Lipinski definition) is 14. The number of aliphatic carboxylic acids is 3. The summed E-state index contributed by atoms with van der Waals surface area (Å²) in [6.45, 7) is 2.34. The summed E-state index contributed by atoms with van der Waals surface area (Å²) in [5.41, 5.74) is 10.6. The van der Waals surface area contributed by atoms with E-state index in [0.717, 1.165) is 6.92 Å². The van der Waals surface area contributed by atoms with Crippen LogP contribution in [-0.4, -0.2) is 140 Å². The number of carboxylic acid groups (broad SMARTS) is 3. The second-order valence-electron chi connectivity index (χ2n) is 10.7. The third kappa shape index (κ3) is 16.6. The summed E-state index contributed by atoms with van der Waals surface area (Å²) in [5.74, 6) is -13.0. The number of rotatable bonds is 23. The molecule has 0 radical (unpaired) electrons. The molecule has 0 spiro atoms. The van der Waals surface area contributed by atoms with Gasteiger partial charge in [0.05, 0.1) is 25.0 Å². The lowest BCUT2D eigenvalue weighted by Gasteiger charge is -2.27. The molecule has 0 fully saturated rings. The Hall–Kier alpha value is -4.68. The number of amides is 7. The normalized spacial score (nSPS) is 15.6. The van der Waals surface area contributed by atoms with E-state index in [0.29, 0.717) is 0 Å². The van der Waals surface area contributed by atoms with Gasteiger partial charge >= 0.3 is 17.9 Å². The maximum atomic E-state index is 13.2. The Morgan fingerprint density at radius 3 is 1.40 bits per heavy atom. The Kier molecular flexibility index (Phi) is 20.0. The van der Waals surface area contributed by atoms with Crippen LogP contribution in [0.15, 0.2) is 0 Å². The average Bonchev–Trinajstić information content (AvgIpc) is 3.00. The van der Waals surface area contributed by atoms with Crippen LogP contribution in [0.4, 0.5) is 0 Å². The second-order valence-corrected chi connectivity index (χ2v) is 11.5. The first-order valence-corrected chi connectivity index (χ1v) is 15.8. The molecule has 0 saturated heterocycles. The molecule has 14 N–H and O–H groups in total. The zero-order valence-corrected chi connectivity index (χ0v) is 28.6. The minimum Gasteiger partial charge on any atom is -0.481 e. The number of aliphatic hydroxyl groups is 1. The molecule has 50 heavy (non-hydrogen) atoms. The van der Waals surface area contributed by atoms with Gasteiger partial charge < -0.3 is 63.8 Å². The fourth-order valence-electron chi connectivity index (χ4n) is 3.75. The lowest BCUT2D eigenvalue weighted by Crippen LogP contribution is -2.62. The van der Waals surface area contributed by atoms with Crippen LogP contribution >= 0.6 is 25.3 Å². The highest BCUT2D eigenvalue weighted by Crippen LogP contribution is 2.05. The van der Waals surface area contributed by atoms with Gasteiger partial charge in [-0.3, -0.25) is 43.2 Å². The third-order valence-electron chi connectivity index (χ3n) is 6.42. The number of primary amides is 1. The molecule has 8 atom stereocenters. The van der Waals surface area contributed by atoms with E-state index in [1.54, 1.807) is 0 Å². The molecular weight excluding hydrogens is 712 g/mol. The van der Waals surface area contributed by atoms with Crippen LogP contribution in [-0.2, 0) is 47.9 Å². The van der Waals surface area contributed by atoms with Gasteiger partial charge in [-0.25, -0.2) is 4.79 Å². The largest absolute Gasteiger partial charge is 0.481 e. The Bertz CT molecular complexity index is 1300. The van der Waals surface area contributed by atoms with Crippen molar-refractivity contribution < 1.29 is 68.4 Å². The van der Waals surface area contributed by atoms with Gasteiger partial charge in [-0.05, 0) is 20.3 Å². The number of carboxylic acids is 3. The van der Waals surface area contributed by atoms with E-state index in [1.807, 2.05) is 5.32 Å². The number of carbonyl (C=O) groups is 10. The van der Waals surface area contributed by atoms with Gasteiger partial charge in [-0.1, -0.05) is 0 Å². The Morgan fingerprint density at radius 1 is 0.580 bits per heavy atom. The summed E-state index contributed by atoms with van der Waals surface area (Å²) in [4.78, 5) is 122. The van der Waals surface area contributed by atoms with E-state index in [2.05, 4.69) is 51.8 Å². The summed E-state index contributed by atoms with van der Waals surface area (Å²) < 4.78 is 0. The van der Waals surface area contributed by atoms with Crippen LogP contribution in [0.3, 0.4) is 0 Å². The minimum absolute atomic E-state index is 0.407. The topological polar surface area (TPSA) is 376 Å². The molecule has 0 bridgehead atoms. The van der Waals surface area contributed by atoms with Gasteiger partial charge in [0.15, 0.2) is 0 Å². The fraction of sp³-hybridized carbons (Fsp3) is 0.615. The van der Waals surface area contributed by atoms with Crippen molar-refractivity contribution in [1.82, 2.24) is 31.9 Å². The average molecular weight is 755 g/mol. The highest BCUT2D eigenvalue weighted by atomic mass is 32.1. The van der Waals surface area contributed by atoms with Crippen molar-refractivity contribution in [3.63, 3.8) is 0 Å². The van der Waals surface area contributed by atoms with Crippen molar-refractivity contribution >= 4 is 84.5 Å². The first-order chi connectivity index (χ1) is 23.1. The summed E-state index contributed by atoms with van der Waals surface area (Å²) in [7, 11) is 0. The number of hydrogen-bond acceptors (Lipinski definition) is 14. The summed E-state index contributed by atoms with van der Waals surface area (Å²) in [6, 6.07) is -11.2. The molecular formula is C26H42N8O14S2. The first-order valence-electron chi connectivity index (χ1n) is 14.6. The van der Waals surface area contributed by atoms with E-state index < -0.39 is 145 Å². The number of nitrogens with two attached hydrogens (primary N) is 2.